The van der Waals surface area contributed by atoms with Crippen LogP contribution in [0, 0.1) is 17.7 Å². The van der Waals surface area contributed by atoms with E-state index in [0.29, 0.717) is 17.2 Å². The molecule has 0 aliphatic heterocycles. The maximum absolute atomic E-state index is 14.9. The number of benzene rings is 2. The maximum atomic E-state index is 14.9. The van der Waals surface area contributed by atoms with Crippen molar-refractivity contribution in [1.29, 1.82) is 0 Å². The lowest BCUT2D eigenvalue weighted by molar-refractivity contribution is 0.177. The van der Waals surface area contributed by atoms with Crippen molar-refractivity contribution >= 4 is 0 Å². The lowest BCUT2D eigenvalue weighted by Gasteiger charge is -2.28. The van der Waals surface area contributed by atoms with Crippen LogP contribution in [0.25, 0.3) is 11.1 Å². The van der Waals surface area contributed by atoms with E-state index in [1.807, 2.05) is 12.1 Å². The summed E-state index contributed by atoms with van der Waals surface area (Å²) < 4.78 is 21.0. The molecule has 2 heteroatoms. The minimum atomic E-state index is -0.192. The molecule has 2 aromatic carbocycles. The lowest BCUT2D eigenvalue weighted by Crippen LogP contribution is -2.20. The zero-order chi connectivity index (χ0) is 25.4. The van der Waals surface area contributed by atoms with Crippen LogP contribution in [-0.4, -0.2) is 6.61 Å². The molecule has 1 aliphatic carbocycles. The highest BCUT2D eigenvalue weighted by Crippen LogP contribution is 2.33. The van der Waals surface area contributed by atoms with Crippen LogP contribution in [-0.2, 0) is 6.42 Å². The quantitative estimate of drug-likeness (QED) is 0.199. The van der Waals surface area contributed by atoms with Crippen LogP contribution in [0.5, 0.6) is 5.75 Å². The van der Waals surface area contributed by atoms with Gasteiger partial charge in [-0.3, -0.25) is 0 Å². The maximum Gasteiger partial charge on any atom is 0.134 e. The Morgan fingerprint density at radius 3 is 1.97 bits per heavy atom. The van der Waals surface area contributed by atoms with Crippen molar-refractivity contribution in [3.05, 3.63) is 53.8 Å². The number of rotatable bonds is 17. The fourth-order valence-electron chi connectivity index (χ4n) is 5.72. The highest BCUT2D eigenvalue weighted by molar-refractivity contribution is 5.65. The van der Waals surface area contributed by atoms with Crippen molar-refractivity contribution in [3.63, 3.8) is 0 Å². The van der Waals surface area contributed by atoms with Crippen molar-refractivity contribution in [2.75, 3.05) is 6.61 Å². The number of hydrogen-bond donors (Lipinski definition) is 0. The standard InChI is InChI=1S/C34H51FO/c1-3-5-7-9-11-13-14-28-16-18-30(19-17-28)27-36-32-24-25-33(34(35)26-32)31-22-20-29(21-23-31)15-12-10-8-6-4-2/h20-26,28,30H,3-19,27H2,1-2H3/t28-,30-. The van der Waals surface area contributed by atoms with Crippen LogP contribution in [0.2, 0.25) is 0 Å². The number of hydrogen-bond acceptors (Lipinski definition) is 1. The predicted molar refractivity (Wildman–Crippen MR) is 153 cm³/mol. The van der Waals surface area contributed by atoms with Crippen molar-refractivity contribution in [1.82, 2.24) is 0 Å². The van der Waals surface area contributed by atoms with E-state index in [0.717, 1.165) is 24.5 Å². The van der Waals surface area contributed by atoms with Gasteiger partial charge in [0.2, 0.25) is 0 Å². The van der Waals surface area contributed by atoms with E-state index in [2.05, 4.69) is 38.1 Å². The second-order valence-corrected chi connectivity index (χ2v) is 11.3. The van der Waals surface area contributed by atoms with Crippen molar-refractivity contribution in [2.24, 2.45) is 11.8 Å². The van der Waals surface area contributed by atoms with Gasteiger partial charge in [-0.25, -0.2) is 4.39 Å². The molecule has 3 rings (SSSR count). The smallest absolute Gasteiger partial charge is 0.134 e. The molecule has 0 N–H and O–H groups in total. The Labute approximate surface area is 221 Å². The van der Waals surface area contributed by atoms with Crippen molar-refractivity contribution in [3.8, 4) is 16.9 Å². The molecule has 36 heavy (non-hydrogen) atoms. The van der Waals surface area contributed by atoms with Gasteiger partial charge in [-0.15, -0.1) is 0 Å². The van der Waals surface area contributed by atoms with Gasteiger partial charge in [0.05, 0.1) is 6.61 Å². The van der Waals surface area contributed by atoms with Gasteiger partial charge in [0.25, 0.3) is 0 Å². The third kappa shape index (κ3) is 10.3. The van der Waals surface area contributed by atoms with E-state index in [4.69, 9.17) is 4.74 Å². The zero-order valence-corrected chi connectivity index (χ0v) is 23.2. The molecule has 200 valence electrons. The number of halogens is 1. The van der Waals surface area contributed by atoms with Gasteiger partial charge in [0.15, 0.2) is 0 Å². The van der Waals surface area contributed by atoms with Gasteiger partial charge in [-0.05, 0) is 60.8 Å². The van der Waals surface area contributed by atoms with Crippen LogP contribution in [0.1, 0.15) is 122 Å². The Morgan fingerprint density at radius 2 is 1.31 bits per heavy atom. The van der Waals surface area contributed by atoms with Crippen LogP contribution in [0.4, 0.5) is 4.39 Å². The summed E-state index contributed by atoms with van der Waals surface area (Å²) in [5, 5.41) is 0. The Kier molecular flexibility index (Phi) is 13.4. The van der Waals surface area contributed by atoms with E-state index in [9.17, 15) is 4.39 Å². The molecular formula is C34H51FO. The number of aryl methyl sites for hydroxylation is 1. The topological polar surface area (TPSA) is 9.23 Å². The predicted octanol–water partition coefficient (Wildman–Crippen LogP) is 10.9. The Balaban J connectivity index is 1.36. The van der Waals surface area contributed by atoms with Gasteiger partial charge < -0.3 is 4.74 Å². The normalized spacial score (nSPS) is 17.9. The van der Waals surface area contributed by atoms with Gasteiger partial charge in [0.1, 0.15) is 11.6 Å². The molecule has 0 bridgehead atoms. The fraction of sp³-hybridized carbons (Fsp3) is 0.647. The van der Waals surface area contributed by atoms with E-state index in [-0.39, 0.29) is 5.82 Å². The summed E-state index contributed by atoms with van der Waals surface area (Å²) in [6, 6.07) is 13.8. The number of ether oxygens (including phenoxy) is 1. The number of unbranched alkanes of at least 4 members (excludes halogenated alkanes) is 9. The lowest BCUT2D eigenvalue weighted by atomic mass is 9.80. The molecule has 0 aromatic heterocycles. The molecule has 1 aliphatic rings. The Morgan fingerprint density at radius 1 is 0.694 bits per heavy atom. The Hall–Kier alpha value is -1.83. The molecule has 2 aromatic rings. The minimum Gasteiger partial charge on any atom is -0.493 e. The molecule has 1 nitrogen and oxygen atoms in total. The molecule has 0 unspecified atom stereocenters. The summed E-state index contributed by atoms with van der Waals surface area (Å²) in [7, 11) is 0. The molecule has 1 saturated carbocycles. The SMILES string of the molecule is CCCCCCCC[C@H]1CC[C@H](COc2ccc(-c3ccc(CCCCCCC)cc3)c(F)c2)CC1. The molecule has 0 heterocycles. The van der Waals surface area contributed by atoms with Gasteiger partial charge >= 0.3 is 0 Å². The molecule has 0 radical (unpaired) electrons. The first kappa shape index (κ1) is 28.7. The third-order valence-corrected chi connectivity index (χ3v) is 8.19. The van der Waals surface area contributed by atoms with E-state index in [1.165, 1.54) is 108 Å². The van der Waals surface area contributed by atoms with E-state index >= 15 is 0 Å². The largest absolute Gasteiger partial charge is 0.493 e. The summed E-state index contributed by atoms with van der Waals surface area (Å²) in [5.74, 6) is 2.00. The van der Waals surface area contributed by atoms with E-state index in [1.54, 1.807) is 6.07 Å². The fourth-order valence-corrected chi connectivity index (χ4v) is 5.72. The average molecular weight is 495 g/mol. The second-order valence-electron chi connectivity index (χ2n) is 11.3. The molecule has 0 spiro atoms. The zero-order valence-electron chi connectivity index (χ0n) is 23.2. The first-order chi connectivity index (χ1) is 17.7. The summed E-state index contributed by atoms with van der Waals surface area (Å²) in [6.07, 6.45) is 22.5. The molecule has 0 saturated heterocycles. The first-order valence-electron chi connectivity index (χ1n) is 15.2. The summed E-state index contributed by atoms with van der Waals surface area (Å²) in [6.45, 7) is 5.25. The van der Waals surface area contributed by atoms with Crippen molar-refractivity contribution in [2.45, 2.75) is 123 Å². The van der Waals surface area contributed by atoms with E-state index < -0.39 is 0 Å². The van der Waals surface area contributed by atoms with Gasteiger partial charge in [-0.2, -0.15) is 0 Å². The van der Waals surface area contributed by atoms with Crippen LogP contribution >= 0.6 is 0 Å². The summed E-state index contributed by atoms with van der Waals surface area (Å²) >= 11 is 0. The minimum absolute atomic E-state index is 0.192. The molecule has 0 atom stereocenters. The monoisotopic (exact) mass is 494 g/mol. The Bertz CT molecular complexity index is 835. The van der Waals surface area contributed by atoms with Gasteiger partial charge in [0, 0.05) is 11.6 Å². The van der Waals surface area contributed by atoms with Crippen LogP contribution in [0.3, 0.4) is 0 Å². The second kappa shape index (κ2) is 16.8. The summed E-state index contributed by atoms with van der Waals surface area (Å²) in [5.41, 5.74) is 2.95. The third-order valence-electron chi connectivity index (χ3n) is 8.19. The molecule has 0 amide bonds. The highest BCUT2D eigenvalue weighted by atomic mass is 19.1. The highest BCUT2D eigenvalue weighted by Gasteiger charge is 2.21. The first-order valence-corrected chi connectivity index (χ1v) is 15.2. The summed E-state index contributed by atoms with van der Waals surface area (Å²) in [4.78, 5) is 0. The van der Waals surface area contributed by atoms with Crippen LogP contribution < -0.4 is 4.74 Å². The molecular weight excluding hydrogens is 443 g/mol. The van der Waals surface area contributed by atoms with Crippen molar-refractivity contribution < 1.29 is 9.13 Å². The molecule has 1 fully saturated rings. The van der Waals surface area contributed by atoms with Crippen LogP contribution in [0.15, 0.2) is 42.5 Å². The average Bonchev–Trinajstić information content (AvgIpc) is 2.90. The van der Waals surface area contributed by atoms with Gasteiger partial charge in [-0.1, -0.05) is 122 Å².